The molecule has 0 fully saturated rings. The van der Waals surface area contributed by atoms with E-state index in [0.29, 0.717) is 24.2 Å². The topological polar surface area (TPSA) is 33.0 Å². The molecule has 16 heavy (non-hydrogen) atoms. The second kappa shape index (κ2) is 4.63. The van der Waals surface area contributed by atoms with E-state index in [0.717, 1.165) is 0 Å². The van der Waals surface area contributed by atoms with Crippen LogP contribution in [0.3, 0.4) is 0 Å². The summed E-state index contributed by atoms with van der Waals surface area (Å²) < 4.78 is 18.9. The molecule has 0 spiro atoms. The van der Waals surface area contributed by atoms with Gasteiger partial charge in [-0.05, 0) is 31.1 Å². The maximum absolute atomic E-state index is 13.5. The lowest BCUT2D eigenvalue weighted by Gasteiger charge is -2.13. The number of para-hydroxylation sites is 1. The fourth-order valence-corrected chi connectivity index (χ4v) is 1.52. The first-order chi connectivity index (χ1) is 7.81. The SMILES string of the molecule is N#CC1=C(Oc2ccccc2)C(F)=CCC1. The molecule has 0 amide bonds. The monoisotopic (exact) mass is 215 g/mol. The van der Waals surface area contributed by atoms with Crippen LogP contribution < -0.4 is 4.74 Å². The predicted molar refractivity (Wildman–Crippen MR) is 58.1 cm³/mol. The van der Waals surface area contributed by atoms with Gasteiger partial charge in [-0.15, -0.1) is 0 Å². The van der Waals surface area contributed by atoms with Crippen molar-refractivity contribution in [3.63, 3.8) is 0 Å². The van der Waals surface area contributed by atoms with Crippen molar-refractivity contribution in [2.45, 2.75) is 12.8 Å². The third kappa shape index (κ3) is 2.12. The molecule has 0 bridgehead atoms. The Morgan fingerprint density at radius 1 is 1.25 bits per heavy atom. The summed E-state index contributed by atoms with van der Waals surface area (Å²) in [5, 5.41) is 8.88. The largest absolute Gasteiger partial charge is 0.453 e. The van der Waals surface area contributed by atoms with Crippen molar-refractivity contribution in [1.82, 2.24) is 0 Å². The summed E-state index contributed by atoms with van der Waals surface area (Å²) in [4.78, 5) is 0. The minimum atomic E-state index is -0.452. The molecular formula is C13H10FNO. The zero-order valence-electron chi connectivity index (χ0n) is 8.61. The molecule has 0 aromatic heterocycles. The van der Waals surface area contributed by atoms with Gasteiger partial charge in [0.15, 0.2) is 11.6 Å². The van der Waals surface area contributed by atoms with Crippen molar-refractivity contribution in [2.75, 3.05) is 0 Å². The van der Waals surface area contributed by atoms with E-state index in [9.17, 15) is 4.39 Å². The van der Waals surface area contributed by atoms with Gasteiger partial charge in [0.1, 0.15) is 5.75 Å². The highest BCUT2D eigenvalue weighted by atomic mass is 19.1. The summed E-state index contributed by atoms with van der Waals surface area (Å²) >= 11 is 0. The van der Waals surface area contributed by atoms with Gasteiger partial charge in [-0.1, -0.05) is 18.2 Å². The first kappa shape index (κ1) is 10.4. The third-order valence-electron chi connectivity index (χ3n) is 2.31. The highest BCUT2D eigenvalue weighted by Crippen LogP contribution is 2.28. The fraction of sp³-hybridized carbons (Fsp3) is 0.154. The Bertz CT molecular complexity index is 482. The molecule has 0 radical (unpaired) electrons. The number of allylic oxidation sites excluding steroid dienone is 3. The average molecular weight is 215 g/mol. The molecular weight excluding hydrogens is 205 g/mol. The molecule has 2 nitrogen and oxygen atoms in total. The van der Waals surface area contributed by atoms with E-state index in [1.807, 2.05) is 12.1 Å². The minimum absolute atomic E-state index is 0.0555. The Morgan fingerprint density at radius 3 is 2.69 bits per heavy atom. The van der Waals surface area contributed by atoms with Gasteiger partial charge in [-0.3, -0.25) is 0 Å². The maximum Gasteiger partial charge on any atom is 0.176 e. The van der Waals surface area contributed by atoms with Crippen LogP contribution in [0.5, 0.6) is 5.75 Å². The van der Waals surface area contributed by atoms with E-state index in [2.05, 4.69) is 0 Å². The molecule has 1 aliphatic rings. The van der Waals surface area contributed by atoms with Gasteiger partial charge in [0.25, 0.3) is 0 Å². The van der Waals surface area contributed by atoms with E-state index in [4.69, 9.17) is 10.00 Å². The number of ether oxygens (including phenoxy) is 1. The van der Waals surface area contributed by atoms with Crippen molar-refractivity contribution in [3.8, 4) is 11.8 Å². The molecule has 0 saturated heterocycles. The van der Waals surface area contributed by atoms with E-state index in [-0.39, 0.29) is 5.76 Å². The Kier molecular flexibility index (Phi) is 3.02. The molecule has 1 aromatic carbocycles. The second-order valence-corrected chi connectivity index (χ2v) is 3.43. The highest BCUT2D eigenvalue weighted by molar-refractivity contribution is 5.40. The van der Waals surface area contributed by atoms with Gasteiger partial charge in [-0.25, -0.2) is 4.39 Å². The Labute approximate surface area is 93.3 Å². The Hall–Kier alpha value is -2.08. The molecule has 0 unspecified atom stereocenters. The molecule has 1 aromatic rings. The smallest absolute Gasteiger partial charge is 0.176 e. The lowest BCUT2D eigenvalue weighted by atomic mass is 10.0. The van der Waals surface area contributed by atoms with Crippen LogP contribution in [0.2, 0.25) is 0 Å². The predicted octanol–water partition coefficient (Wildman–Crippen LogP) is 3.49. The van der Waals surface area contributed by atoms with E-state index in [1.54, 1.807) is 24.3 Å². The van der Waals surface area contributed by atoms with Gasteiger partial charge in [-0.2, -0.15) is 5.26 Å². The maximum atomic E-state index is 13.5. The van der Waals surface area contributed by atoms with Crippen molar-refractivity contribution in [1.29, 1.82) is 5.26 Å². The normalized spacial score (nSPS) is 15.4. The number of nitrogens with zero attached hydrogens (tertiary/aromatic N) is 1. The van der Waals surface area contributed by atoms with Gasteiger partial charge in [0, 0.05) is 0 Å². The average Bonchev–Trinajstić information content (AvgIpc) is 2.33. The van der Waals surface area contributed by atoms with E-state index < -0.39 is 5.83 Å². The molecule has 0 heterocycles. The molecule has 80 valence electrons. The standard InChI is InChI=1S/C13H10FNO/c14-12-8-4-5-10(9-15)13(12)16-11-6-2-1-3-7-11/h1-3,6-8H,4-5H2. The highest BCUT2D eigenvalue weighted by Gasteiger charge is 2.18. The number of halogens is 1. The zero-order valence-corrected chi connectivity index (χ0v) is 8.61. The number of rotatable bonds is 2. The lowest BCUT2D eigenvalue weighted by molar-refractivity contribution is 0.391. The summed E-state index contributed by atoms with van der Waals surface area (Å²) in [6.07, 6.45) is 2.53. The number of hydrogen-bond donors (Lipinski definition) is 0. The van der Waals surface area contributed by atoms with Crippen molar-refractivity contribution in [2.24, 2.45) is 0 Å². The van der Waals surface area contributed by atoms with Crippen LogP contribution in [0.4, 0.5) is 4.39 Å². The van der Waals surface area contributed by atoms with Crippen LogP contribution in [0.15, 0.2) is 53.6 Å². The van der Waals surface area contributed by atoms with Gasteiger partial charge in [0.05, 0.1) is 11.6 Å². The van der Waals surface area contributed by atoms with Gasteiger partial charge in [0.2, 0.25) is 0 Å². The van der Waals surface area contributed by atoms with Crippen molar-refractivity contribution >= 4 is 0 Å². The molecule has 3 heteroatoms. The van der Waals surface area contributed by atoms with Crippen LogP contribution in [-0.4, -0.2) is 0 Å². The summed E-state index contributed by atoms with van der Waals surface area (Å²) in [5.74, 6) is 0.141. The summed E-state index contributed by atoms with van der Waals surface area (Å²) in [5.41, 5.74) is 0.365. The summed E-state index contributed by atoms with van der Waals surface area (Å²) in [6, 6.07) is 10.9. The van der Waals surface area contributed by atoms with Crippen molar-refractivity contribution in [3.05, 3.63) is 53.6 Å². The van der Waals surface area contributed by atoms with Gasteiger partial charge < -0.3 is 4.74 Å². The van der Waals surface area contributed by atoms with Crippen LogP contribution in [0.1, 0.15) is 12.8 Å². The molecule has 0 aliphatic heterocycles. The van der Waals surface area contributed by atoms with Crippen LogP contribution in [0.25, 0.3) is 0 Å². The molecule has 0 N–H and O–H groups in total. The zero-order chi connectivity index (χ0) is 11.4. The lowest BCUT2D eigenvalue weighted by Crippen LogP contribution is -2.04. The molecule has 0 saturated carbocycles. The number of nitriles is 1. The minimum Gasteiger partial charge on any atom is -0.453 e. The fourth-order valence-electron chi connectivity index (χ4n) is 1.52. The van der Waals surface area contributed by atoms with Gasteiger partial charge >= 0.3 is 0 Å². The molecule has 0 atom stereocenters. The van der Waals surface area contributed by atoms with Crippen LogP contribution in [-0.2, 0) is 0 Å². The van der Waals surface area contributed by atoms with Crippen LogP contribution >= 0.6 is 0 Å². The summed E-state index contributed by atoms with van der Waals surface area (Å²) in [7, 11) is 0. The first-order valence-corrected chi connectivity index (χ1v) is 5.03. The number of benzene rings is 1. The van der Waals surface area contributed by atoms with E-state index >= 15 is 0 Å². The van der Waals surface area contributed by atoms with Crippen LogP contribution in [0, 0.1) is 11.3 Å². The molecule has 2 rings (SSSR count). The Morgan fingerprint density at radius 2 is 2.00 bits per heavy atom. The van der Waals surface area contributed by atoms with E-state index in [1.165, 1.54) is 6.08 Å². The second-order valence-electron chi connectivity index (χ2n) is 3.43. The van der Waals surface area contributed by atoms with Crippen molar-refractivity contribution < 1.29 is 9.13 Å². The summed E-state index contributed by atoms with van der Waals surface area (Å²) in [6.45, 7) is 0. The Balaban J connectivity index is 2.29. The quantitative estimate of drug-likeness (QED) is 0.756. The third-order valence-corrected chi connectivity index (χ3v) is 2.31. The first-order valence-electron chi connectivity index (χ1n) is 5.03. The molecule has 1 aliphatic carbocycles. The number of hydrogen-bond acceptors (Lipinski definition) is 2.